The van der Waals surface area contributed by atoms with Crippen LogP contribution in [0, 0.1) is 10.1 Å². The molecule has 1 atom stereocenters. The Kier molecular flexibility index (Phi) is 6.84. The highest BCUT2D eigenvalue weighted by molar-refractivity contribution is 5.82. The van der Waals surface area contributed by atoms with Gasteiger partial charge in [0.15, 0.2) is 6.29 Å². The third-order valence-corrected chi connectivity index (χ3v) is 3.91. The highest BCUT2D eigenvalue weighted by Gasteiger charge is 2.19. The molecule has 0 bridgehead atoms. The van der Waals surface area contributed by atoms with Crippen LogP contribution in [-0.2, 0) is 4.79 Å². The number of nitrogens with one attached hydrogen (secondary N) is 2. The SMILES string of the molecule is CC1CNCCN1NC(=O)CCCOc1ccc([N+](=O)[O-])c(C=O)c1. The average Bonchev–Trinajstić information content (AvgIpc) is 2.60. The van der Waals surface area contributed by atoms with Gasteiger partial charge in [-0.05, 0) is 25.5 Å². The maximum absolute atomic E-state index is 11.9. The summed E-state index contributed by atoms with van der Waals surface area (Å²) in [4.78, 5) is 33.0. The van der Waals surface area contributed by atoms with Gasteiger partial charge in [-0.15, -0.1) is 0 Å². The Morgan fingerprint density at radius 2 is 2.36 bits per heavy atom. The first-order valence-corrected chi connectivity index (χ1v) is 8.14. The number of nitro groups is 1. The van der Waals surface area contributed by atoms with Crippen molar-refractivity contribution in [1.82, 2.24) is 15.8 Å². The molecule has 1 heterocycles. The molecule has 9 heteroatoms. The Morgan fingerprint density at radius 1 is 1.56 bits per heavy atom. The van der Waals surface area contributed by atoms with Gasteiger partial charge in [-0.2, -0.15) is 0 Å². The van der Waals surface area contributed by atoms with Gasteiger partial charge in [0.05, 0.1) is 17.1 Å². The number of rotatable bonds is 8. The second-order valence-electron chi connectivity index (χ2n) is 5.83. The molecule has 0 spiro atoms. The molecule has 1 saturated heterocycles. The van der Waals surface area contributed by atoms with Gasteiger partial charge in [0.1, 0.15) is 5.75 Å². The van der Waals surface area contributed by atoms with Crippen LogP contribution in [0.25, 0.3) is 0 Å². The zero-order chi connectivity index (χ0) is 18.2. The zero-order valence-electron chi connectivity index (χ0n) is 14.1. The Balaban J connectivity index is 1.74. The fourth-order valence-electron chi connectivity index (χ4n) is 2.53. The number of ether oxygens (including phenoxy) is 1. The summed E-state index contributed by atoms with van der Waals surface area (Å²) in [6.45, 7) is 4.76. The van der Waals surface area contributed by atoms with Crippen molar-refractivity contribution < 1.29 is 19.2 Å². The van der Waals surface area contributed by atoms with Gasteiger partial charge in [0, 0.05) is 38.2 Å². The molecule has 9 nitrogen and oxygen atoms in total. The molecule has 1 aromatic carbocycles. The van der Waals surface area contributed by atoms with Crippen molar-refractivity contribution in [3.05, 3.63) is 33.9 Å². The van der Waals surface area contributed by atoms with Crippen LogP contribution in [0.2, 0.25) is 0 Å². The molecule has 1 aliphatic heterocycles. The van der Waals surface area contributed by atoms with Crippen molar-refractivity contribution in [2.24, 2.45) is 0 Å². The van der Waals surface area contributed by atoms with Crippen LogP contribution in [0.3, 0.4) is 0 Å². The predicted molar refractivity (Wildman–Crippen MR) is 90.4 cm³/mol. The minimum atomic E-state index is -0.616. The third kappa shape index (κ3) is 5.50. The number of hydrogen-bond acceptors (Lipinski definition) is 7. The van der Waals surface area contributed by atoms with Crippen LogP contribution in [0.1, 0.15) is 30.1 Å². The number of piperazine rings is 1. The van der Waals surface area contributed by atoms with E-state index in [1.807, 2.05) is 11.9 Å². The zero-order valence-corrected chi connectivity index (χ0v) is 14.1. The molecule has 2 N–H and O–H groups in total. The maximum Gasteiger partial charge on any atom is 0.280 e. The maximum atomic E-state index is 11.9. The highest BCUT2D eigenvalue weighted by atomic mass is 16.6. The first kappa shape index (κ1) is 18.8. The number of amides is 1. The Bertz CT molecular complexity index is 637. The lowest BCUT2D eigenvalue weighted by Crippen LogP contribution is -2.57. The Hall–Kier alpha value is -2.52. The molecule has 25 heavy (non-hydrogen) atoms. The van der Waals surface area contributed by atoms with Crippen LogP contribution in [0.4, 0.5) is 5.69 Å². The summed E-state index contributed by atoms with van der Waals surface area (Å²) in [5.41, 5.74) is 2.59. The molecule has 136 valence electrons. The van der Waals surface area contributed by atoms with Gasteiger partial charge in [0.2, 0.25) is 5.91 Å². The van der Waals surface area contributed by atoms with Gasteiger partial charge >= 0.3 is 0 Å². The van der Waals surface area contributed by atoms with E-state index < -0.39 is 4.92 Å². The monoisotopic (exact) mass is 350 g/mol. The van der Waals surface area contributed by atoms with E-state index in [9.17, 15) is 19.7 Å². The number of nitro benzene ring substituents is 1. The standard InChI is InChI=1S/C16H22N4O5/c1-12-10-17-6-7-19(12)18-16(22)3-2-8-25-14-4-5-15(20(23)24)13(9-14)11-21/h4-5,9,11-12,17H,2-3,6-8,10H2,1H3,(H,18,22). The molecule has 0 radical (unpaired) electrons. The van der Waals surface area contributed by atoms with Gasteiger partial charge < -0.3 is 10.1 Å². The van der Waals surface area contributed by atoms with Crippen LogP contribution in [0.15, 0.2) is 18.2 Å². The summed E-state index contributed by atoms with van der Waals surface area (Å²) in [6, 6.07) is 4.24. The lowest BCUT2D eigenvalue weighted by molar-refractivity contribution is -0.385. The minimum absolute atomic E-state index is 0.0343. The van der Waals surface area contributed by atoms with Crippen molar-refractivity contribution in [2.75, 3.05) is 26.2 Å². The smallest absolute Gasteiger partial charge is 0.280 e. The summed E-state index contributed by atoms with van der Waals surface area (Å²) in [5, 5.41) is 15.9. The molecule has 1 fully saturated rings. The number of carbonyl (C=O) groups is 2. The topological polar surface area (TPSA) is 114 Å². The molecule has 1 unspecified atom stereocenters. The highest BCUT2D eigenvalue weighted by Crippen LogP contribution is 2.22. The number of nitrogens with zero attached hydrogens (tertiary/aromatic N) is 2. The normalized spacial score (nSPS) is 17.7. The molecule has 0 aromatic heterocycles. The van der Waals surface area contributed by atoms with Crippen LogP contribution < -0.4 is 15.5 Å². The number of hydrazine groups is 1. The van der Waals surface area contributed by atoms with E-state index >= 15 is 0 Å². The van der Waals surface area contributed by atoms with Crippen LogP contribution >= 0.6 is 0 Å². The molecule has 2 rings (SSSR count). The van der Waals surface area contributed by atoms with Crippen LogP contribution in [-0.4, -0.2) is 54.4 Å². The fraction of sp³-hybridized carbons (Fsp3) is 0.500. The van der Waals surface area contributed by atoms with E-state index in [0.29, 0.717) is 24.9 Å². The Labute approximate surface area is 145 Å². The number of benzene rings is 1. The molecular formula is C16H22N4O5. The number of hydrogen-bond donors (Lipinski definition) is 2. The van der Waals surface area contributed by atoms with Crippen molar-refractivity contribution in [1.29, 1.82) is 0 Å². The summed E-state index contributed by atoms with van der Waals surface area (Å²) < 4.78 is 5.46. The number of aldehydes is 1. The summed E-state index contributed by atoms with van der Waals surface area (Å²) in [7, 11) is 0. The largest absolute Gasteiger partial charge is 0.494 e. The van der Waals surface area contributed by atoms with Gasteiger partial charge in [-0.25, -0.2) is 5.01 Å². The van der Waals surface area contributed by atoms with Gasteiger partial charge in [-0.1, -0.05) is 0 Å². The molecule has 1 amide bonds. The quantitative estimate of drug-likeness (QED) is 0.310. The van der Waals surface area contributed by atoms with Gasteiger partial charge in [-0.3, -0.25) is 25.1 Å². The number of carbonyl (C=O) groups excluding carboxylic acids is 2. The second-order valence-corrected chi connectivity index (χ2v) is 5.83. The van der Waals surface area contributed by atoms with Gasteiger partial charge in [0.25, 0.3) is 5.69 Å². The van der Waals surface area contributed by atoms with E-state index in [1.165, 1.54) is 18.2 Å². The first-order chi connectivity index (χ1) is 12.0. The van der Waals surface area contributed by atoms with E-state index in [0.717, 1.165) is 19.6 Å². The predicted octanol–water partition coefficient (Wildman–Crippen LogP) is 0.891. The van der Waals surface area contributed by atoms with Crippen molar-refractivity contribution in [2.45, 2.75) is 25.8 Å². The second kappa shape index (κ2) is 9.09. The average molecular weight is 350 g/mol. The van der Waals surface area contributed by atoms with Crippen molar-refractivity contribution in [3.8, 4) is 5.75 Å². The van der Waals surface area contributed by atoms with Crippen molar-refractivity contribution in [3.63, 3.8) is 0 Å². The summed E-state index contributed by atoms with van der Waals surface area (Å²) >= 11 is 0. The van der Waals surface area contributed by atoms with E-state index in [2.05, 4.69) is 10.7 Å². The fourth-order valence-corrected chi connectivity index (χ4v) is 2.53. The van der Waals surface area contributed by atoms with E-state index in [1.54, 1.807) is 0 Å². The lowest BCUT2D eigenvalue weighted by atomic mass is 10.2. The third-order valence-electron chi connectivity index (χ3n) is 3.91. The van der Waals surface area contributed by atoms with Crippen LogP contribution in [0.5, 0.6) is 5.75 Å². The summed E-state index contributed by atoms with van der Waals surface area (Å²) in [5.74, 6) is 0.290. The van der Waals surface area contributed by atoms with E-state index in [4.69, 9.17) is 4.74 Å². The molecule has 1 aromatic rings. The first-order valence-electron chi connectivity index (χ1n) is 8.14. The molecule has 0 saturated carbocycles. The summed E-state index contributed by atoms with van der Waals surface area (Å²) in [6.07, 6.45) is 1.23. The Morgan fingerprint density at radius 3 is 3.04 bits per heavy atom. The molecule has 0 aliphatic carbocycles. The van der Waals surface area contributed by atoms with Crippen molar-refractivity contribution >= 4 is 17.9 Å². The van der Waals surface area contributed by atoms with E-state index in [-0.39, 0.29) is 29.8 Å². The molecular weight excluding hydrogens is 328 g/mol. The molecule has 1 aliphatic rings. The minimum Gasteiger partial charge on any atom is -0.494 e. The lowest BCUT2D eigenvalue weighted by Gasteiger charge is -2.33.